The molecule has 0 unspecified atom stereocenters. The van der Waals surface area contributed by atoms with E-state index in [9.17, 15) is 0 Å². The minimum absolute atomic E-state index is 0.603. The SMILES string of the molecule is CO[Si](C)(C)CNCc1cccc(CN)c1. The van der Waals surface area contributed by atoms with E-state index in [1.165, 1.54) is 11.1 Å². The molecular formula is C12H22N2OSi. The molecule has 0 aliphatic heterocycles. The van der Waals surface area contributed by atoms with Crippen molar-refractivity contribution in [3.05, 3.63) is 35.4 Å². The Balaban J connectivity index is 2.42. The summed E-state index contributed by atoms with van der Waals surface area (Å²) in [6.45, 7) is 5.90. The Morgan fingerprint density at radius 1 is 1.31 bits per heavy atom. The molecule has 0 saturated carbocycles. The van der Waals surface area contributed by atoms with Crippen LogP contribution in [0, 0.1) is 0 Å². The van der Waals surface area contributed by atoms with Crippen LogP contribution in [-0.4, -0.2) is 21.6 Å². The first kappa shape index (κ1) is 13.4. The molecule has 0 heterocycles. The molecule has 0 saturated heterocycles. The Bertz CT molecular complexity index is 329. The van der Waals surface area contributed by atoms with Gasteiger partial charge in [-0.1, -0.05) is 24.3 Å². The maximum atomic E-state index is 5.60. The van der Waals surface area contributed by atoms with Gasteiger partial charge in [-0.05, 0) is 24.2 Å². The van der Waals surface area contributed by atoms with E-state index in [1.54, 1.807) is 7.11 Å². The summed E-state index contributed by atoms with van der Waals surface area (Å²) in [5, 5.41) is 3.44. The molecule has 0 aliphatic rings. The van der Waals surface area contributed by atoms with E-state index in [-0.39, 0.29) is 0 Å². The Kier molecular flexibility index (Phi) is 5.14. The summed E-state index contributed by atoms with van der Waals surface area (Å²) < 4.78 is 5.48. The molecule has 0 bridgehead atoms. The lowest BCUT2D eigenvalue weighted by molar-refractivity contribution is 0.399. The summed E-state index contributed by atoms with van der Waals surface area (Å²) in [4.78, 5) is 0. The molecule has 16 heavy (non-hydrogen) atoms. The van der Waals surface area contributed by atoms with Crippen LogP contribution in [-0.2, 0) is 17.5 Å². The van der Waals surface area contributed by atoms with Gasteiger partial charge >= 0.3 is 0 Å². The second-order valence-corrected chi connectivity index (χ2v) is 8.87. The molecule has 3 N–H and O–H groups in total. The molecule has 0 spiro atoms. The van der Waals surface area contributed by atoms with Crippen molar-refractivity contribution in [1.82, 2.24) is 5.32 Å². The zero-order valence-corrected chi connectivity index (χ0v) is 11.4. The third-order valence-electron chi connectivity index (χ3n) is 2.66. The van der Waals surface area contributed by atoms with Crippen molar-refractivity contribution in [1.29, 1.82) is 0 Å². The Morgan fingerprint density at radius 3 is 2.62 bits per heavy atom. The lowest BCUT2D eigenvalue weighted by atomic mass is 10.1. The molecule has 0 radical (unpaired) electrons. The van der Waals surface area contributed by atoms with Gasteiger partial charge in [0.05, 0.1) is 0 Å². The highest BCUT2D eigenvalue weighted by Crippen LogP contribution is 2.05. The topological polar surface area (TPSA) is 47.3 Å². The fourth-order valence-corrected chi connectivity index (χ4v) is 2.32. The van der Waals surface area contributed by atoms with Gasteiger partial charge in [-0.15, -0.1) is 0 Å². The van der Waals surface area contributed by atoms with E-state index in [0.29, 0.717) is 6.54 Å². The largest absolute Gasteiger partial charge is 0.419 e. The smallest absolute Gasteiger partial charge is 0.199 e. The van der Waals surface area contributed by atoms with Crippen LogP contribution in [0.15, 0.2) is 24.3 Å². The van der Waals surface area contributed by atoms with Gasteiger partial charge in [0.2, 0.25) is 0 Å². The van der Waals surface area contributed by atoms with E-state index >= 15 is 0 Å². The first-order valence-electron chi connectivity index (χ1n) is 5.61. The molecule has 0 amide bonds. The van der Waals surface area contributed by atoms with Crippen LogP contribution in [0.2, 0.25) is 13.1 Å². The maximum absolute atomic E-state index is 5.60. The molecule has 0 atom stereocenters. The van der Waals surface area contributed by atoms with Crippen molar-refractivity contribution in [3.8, 4) is 0 Å². The van der Waals surface area contributed by atoms with Gasteiger partial charge in [-0.3, -0.25) is 0 Å². The quantitative estimate of drug-likeness (QED) is 0.741. The molecule has 0 aliphatic carbocycles. The van der Waals surface area contributed by atoms with E-state index in [0.717, 1.165) is 12.7 Å². The van der Waals surface area contributed by atoms with Gasteiger partial charge in [0.25, 0.3) is 0 Å². The second-order valence-electron chi connectivity index (χ2n) is 4.59. The maximum Gasteiger partial charge on any atom is 0.199 e. The van der Waals surface area contributed by atoms with Gasteiger partial charge in [0, 0.05) is 26.4 Å². The highest BCUT2D eigenvalue weighted by atomic mass is 28.4. The molecule has 1 aromatic carbocycles. The highest BCUT2D eigenvalue weighted by Gasteiger charge is 2.19. The number of hydrogen-bond acceptors (Lipinski definition) is 3. The number of nitrogens with two attached hydrogens (primary N) is 1. The number of rotatable bonds is 6. The monoisotopic (exact) mass is 238 g/mol. The number of nitrogens with one attached hydrogen (secondary N) is 1. The van der Waals surface area contributed by atoms with Gasteiger partial charge in [0.15, 0.2) is 8.32 Å². The van der Waals surface area contributed by atoms with Crippen LogP contribution in [0.1, 0.15) is 11.1 Å². The highest BCUT2D eigenvalue weighted by molar-refractivity contribution is 6.71. The lowest BCUT2D eigenvalue weighted by Crippen LogP contribution is -2.41. The number of benzene rings is 1. The van der Waals surface area contributed by atoms with E-state index in [1.807, 2.05) is 0 Å². The van der Waals surface area contributed by atoms with Crippen molar-refractivity contribution >= 4 is 8.32 Å². The van der Waals surface area contributed by atoms with E-state index in [2.05, 4.69) is 42.7 Å². The lowest BCUT2D eigenvalue weighted by Gasteiger charge is -2.20. The second kappa shape index (κ2) is 6.15. The van der Waals surface area contributed by atoms with Gasteiger partial charge < -0.3 is 15.5 Å². The Hall–Kier alpha value is -0.683. The first-order chi connectivity index (χ1) is 7.57. The molecule has 90 valence electrons. The zero-order chi connectivity index (χ0) is 12.0. The fourth-order valence-electron chi connectivity index (χ4n) is 1.45. The third-order valence-corrected chi connectivity index (χ3v) is 4.87. The predicted molar refractivity (Wildman–Crippen MR) is 70.5 cm³/mol. The van der Waals surface area contributed by atoms with Crippen LogP contribution in [0.4, 0.5) is 0 Å². The molecule has 4 heteroatoms. The standard InChI is InChI=1S/C12H22N2OSi/c1-15-16(2,3)10-14-9-12-6-4-5-11(7-12)8-13/h4-7,14H,8-10,13H2,1-3H3. The normalized spacial score (nSPS) is 11.8. The number of hydrogen-bond donors (Lipinski definition) is 2. The van der Waals surface area contributed by atoms with Crippen LogP contribution in [0.5, 0.6) is 0 Å². The van der Waals surface area contributed by atoms with Crippen LogP contribution < -0.4 is 11.1 Å². The fraction of sp³-hybridized carbons (Fsp3) is 0.500. The molecule has 0 aromatic heterocycles. The molecule has 0 fully saturated rings. The van der Waals surface area contributed by atoms with Crippen molar-refractivity contribution in [2.45, 2.75) is 26.2 Å². The molecular weight excluding hydrogens is 216 g/mol. The van der Waals surface area contributed by atoms with Crippen molar-refractivity contribution in [3.63, 3.8) is 0 Å². The van der Waals surface area contributed by atoms with Crippen molar-refractivity contribution < 1.29 is 4.43 Å². The van der Waals surface area contributed by atoms with Crippen LogP contribution >= 0.6 is 0 Å². The van der Waals surface area contributed by atoms with E-state index in [4.69, 9.17) is 10.2 Å². The van der Waals surface area contributed by atoms with Crippen molar-refractivity contribution in [2.24, 2.45) is 5.73 Å². The average molecular weight is 238 g/mol. The van der Waals surface area contributed by atoms with Crippen LogP contribution in [0.25, 0.3) is 0 Å². The summed E-state index contributed by atoms with van der Waals surface area (Å²) in [5.74, 6) is 0. The summed E-state index contributed by atoms with van der Waals surface area (Å²) in [6.07, 6.45) is 0.969. The van der Waals surface area contributed by atoms with Crippen LogP contribution in [0.3, 0.4) is 0 Å². The van der Waals surface area contributed by atoms with Gasteiger partial charge in [0.1, 0.15) is 0 Å². The Labute approximate surface area is 99.1 Å². The summed E-state index contributed by atoms with van der Waals surface area (Å²) in [7, 11) is 0.306. The predicted octanol–water partition coefficient (Wildman–Crippen LogP) is 1.63. The molecule has 1 rings (SSSR count). The summed E-state index contributed by atoms with van der Waals surface area (Å²) in [5.41, 5.74) is 8.07. The van der Waals surface area contributed by atoms with E-state index < -0.39 is 8.32 Å². The third kappa shape index (κ3) is 4.45. The minimum atomic E-state index is -1.49. The minimum Gasteiger partial charge on any atom is -0.419 e. The Morgan fingerprint density at radius 2 is 2.00 bits per heavy atom. The molecule has 1 aromatic rings. The van der Waals surface area contributed by atoms with Gasteiger partial charge in [-0.25, -0.2) is 0 Å². The van der Waals surface area contributed by atoms with Crippen molar-refractivity contribution in [2.75, 3.05) is 13.3 Å². The summed E-state index contributed by atoms with van der Waals surface area (Å²) >= 11 is 0. The average Bonchev–Trinajstić information content (AvgIpc) is 2.29. The molecule has 3 nitrogen and oxygen atoms in total. The first-order valence-corrected chi connectivity index (χ1v) is 8.73. The summed E-state index contributed by atoms with van der Waals surface area (Å²) in [6, 6.07) is 8.37. The zero-order valence-electron chi connectivity index (χ0n) is 10.4. The van der Waals surface area contributed by atoms with Gasteiger partial charge in [-0.2, -0.15) is 0 Å².